The average molecular weight is 363 g/mol. The molecule has 1 aliphatic heterocycles. The number of carbonyl (C=O) groups excluding carboxylic acids is 1. The molecule has 140 valence electrons. The predicted octanol–water partition coefficient (Wildman–Crippen LogP) is 3.09. The van der Waals surface area contributed by atoms with E-state index in [4.69, 9.17) is 0 Å². The van der Waals surface area contributed by atoms with Crippen molar-refractivity contribution in [1.29, 1.82) is 0 Å². The molecule has 1 amide bonds. The smallest absolute Gasteiger partial charge is 0.271 e. The zero-order valence-electron chi connectivity index (χ0n) is 15.7. The average Bonchev–Trinajstić information content (AvgIpc) is 3.38. The van der Waals surface area contributed by atoms with Crippen LogP contribution >= 0.6 is 0 Å². The summed E-state index contributed by atoms with van der Waals surface area (Å²) < 4.78 is 0. The molecular weight excluding hydrogens is 338 g/mol. The van der Waals surface area contributed by atoms with Crippen LogP contribution in [0.15, 0.2) is 36.5 Å². The van der Waals surface area contributed by atoms with Gasteiger partial charge in [0.15, 0.2) is 11.5 Å². The number of para-hydroxylation sites is 1. The molecule has 1 saturated heterocycles. The largest absolute Gasteiger partial charge is 0.361 e. The number of benzene rings is 1. The Morgan fingerprint density at radius 1 is 1.15 bits per heavy atom. The number of hydrogen-bond donors (Lipinski definition) is 2. The summed E-state index contributed by atoms with van der Waals surface area (Å²) in [6.07, 6.45) is 6.20. The summed E-state index contributed by atoms with van der Waals surface area (Å²) in [5.74, 6) is 0.680. The molecule has 0 atom stereocenters. The number of aryl methyl sites for hydroxylation is 1. The Morgan fingerprint density at radius 2 is 2.00 bits per heavy atom. The number of H-pyrrole nitrogens is 1. The minimum atomic E-state index is -0.176. The van der Waals surface area contributed by atoms with Crippen molar-refractivity contribution in [3.63, 3.8) is 0 Å². The molecule has 27 heavy (non-hydrogen) atoms. The van der Waals surface area contributed by atoms with Crippen LogP contribution in [0.4, 0.5) is 5.82 Å². The number of nitrogens with zero attached hydrogens (tertiary/aromatic N) is 3. The monoisotopic (exact) mass is 363 g/mol. The van der Waals surface area contributed by atoms with Gasteiger partial charge in [-0.3, -0.25) is 4.79 Å². The molecule has 0 saturated carbocycles. The van der Waals surface area contributed by atoms with Crippen LogP contribution in [-0.4, -0.2) is 40.7 Å². The van der Waals surface area contributed by atoms with E-state index >= 15 is 0 Å². The van der Waals surface area contributed by atoms with Gasteiger partial charge in [-0.25, -0.2) is 0 Å². The van der Waals surface area contributed by atoms with Gasteiger partial charge in [0, 0.05) is 36.7 Å². The fraction of sp³-hybridized carbons (Fsp3) is 0.381. The Bertz CT molecular complexity index is 925. The van der Waals surface area contributed by atoms with Crippen LogP contribution < -0.4 is 10.2 Å². The van der Waals surface area contributed by atoms with Crippen LogP contribution in [0.1, 0.15) is 41.4 Å². The lowest BCUT2D eigenvalue weighted by atomic mass is 10.1. The number of hydrogen-bond acceptors (Lipinski definition) is 4. The van der Waals surface area contributed by atoms with Crippen molar-refractivity contribution in [3.8, 4) is 0 Å². The number of amides is 1. The van der Waals surface area contributed by atoms with E-state index in [0.29, 0.717) is 12.2 Å². The first-order valence-corrected chi connectivity index (χ1v) is 9.71. The molecule has 1 fully saturated rings. The van der Waals surface area contributed by atoms with Gasteiger partial charge in [0.25, 0.3) is 5.91 Å². The van der Waals surface area contributed by atoms with E-state index in [1.165, 1.54) is 34.9 Å². The quantitative estimate of drug-likeness (QED) is 0.706. The van der Waals surface area contributed by atoms with E-state index in [1.807, 2.05) is 12.3 Å². The van der Waals surface area contributed by atoms with Gasteiger partial charge in [-0.05, 0) is 48.9 Å². The third kappa shape index (κ3) is 3.65. The highest BCUT2D eigenvalue weighted by Gasteiger charge is 2.15. The van der Waals surface area contributed by atoms with E-state index in [9.17, 15) is 4.79 Å². The normalized spacial score (nSPS) is 14.0. The summed E-state index contributed by atoms with van der Waals surface area (Å²) in [5.41, 5.74) is 4.10. The molecule has 1 aromatic carbocycles. The molecule has 0 radical (unpaired) electrons. The lowest BCUT2D eigenvalue weighted by Crippen LogP contribution is -2.27. The van der Waals surface area contributed by atoms with Crippen molar-refractivity contribution in [2.75, 3.05) is 24.5 Å². The summed E-state index contributed by atoms with van der Waals surface area (Å²) in [7, 11) is 0. The summed E-state index contributed by atoms with van der Waals surface area (Å²) in [5, 5.41) is 12.5. The number of aromatic nitrogens is 3. The third-order valence-corrected chi connectivity index (χ3v) is 5.26. The Balaban J connectivity index is 1.35. The van der Waals surface area contributed by atoms with Gasteiger partial charge < -0.3 is 15.2 Å². The van der Waals surface area contributed by atoms with Crippen LogP contribution in [0.25, 0.3) is 10.9 Å². The molecule has 2 N–H and O–H groups in total. The Labute approximate surface area is 159 Å². The standard InChI is InChI=1S/C21H25N5O/c1-2-15-6-5-7-17-16(14-23-20(15)17)10-11-22-21(27)18-8-9-19(25-24-18)26-12-3-4-13-26/h5-9,14,23H,2-4,10-13H2,1H3,(H,22,27). The number of fused-ring (bicyclic) bond motifs is 1. The van der Waals surface area contributed by atoms with Gasteiger partial charge in [-0.15, -0.1) is 10.2 Å². The molecule has 0 aliphatic carbocycles. The second-order valence-electron chi connectivity index (χ2n) is 6.98. The van der Waals surface area contributed by atoms with Crippen molar-refractivity contribution in [3.05, 3.63) is 53.3 Å². The first-order valence-electron chi connectivity index (χ1n) is 9.71. The first-order chi connectivity index (χ1) is 13.3. The molecule has 0 unspecified atom stereocenters. The molecular formula is C21H25N5O. The van der Waals surface area contributed by atoms with E-state index in [0.717, 1.165) is 31.7 Å². The van der Waals surface area contributed by atoms with Crippen molar-refractivity contribution < 1.29 is 4.79 Å². The first kappa shape index (κ1) is 17.5. The summed E-state index contributed by atoms with van der Waals surface area (Å²) in [4.78, 5) is 17.9. The highest BCUT2D eigenvalue weighted by Crippen LogP contribution is 2.22. The van der Waals surface area contributed by atoms with Crippen LogP contribution in [0.3, 0.4) is 0 Å². The molecule has 3 heterocycles. The Morgan fingerprint density at radius 3 is 2.74 bits per heavy atom. The summed E-state index contributed by atoms with van der Waals surface area (Å²) in [6, 6.07) is 10.0. The van der Waals surface area contributed by atoms with E-state index in [-0.39, 0.29) is 5.91 Å². The van der Waals surface area contributed by atoms with Gasteiger partial charge in [0.05, 0.1) is 0 Å². The van der Waals surface area contributed by atoms with Gasteiger partial charge in [-0.2, -0.15) is 0 Å². The Hall–Kier alpha value is -2.89. The lowest BCUT2D eigenvalue weighted by molar-refractivity contribution is 0.0948. The molecule has 1 aliphatic rings. The number of aromatic amines is 1. The summed E-state index contributed by atoms with van der Waals surface area (Å²) in [6.45, 7) is 4.76. The zero-order chi connectivity index (χ0) is 18.6. The number of nitrogens with one attached hydrogen (secondary N) is 2. The van der Waals surface area contributed by atoms with E-state index in [2.05, 4.69) is 50.5 Å². The molecule has 3 aromatic rings. The summed E-state index contributed by atoms with van der Waals surface area (Å²) >= 11 is 0. The lowest BCUT2D eigenvalue weighted by Gasteiger charge is -2.15. The Kier molecular flexibility index (Phi) is 5.05. The van der Waals surface area contributed by atoms with E-state index < -0.39 is 0 Å². The SMILES string of the molecule is CCc1cccc2c(CCNC(=O)c3ccc(N4CCCC4)nn3)c[nH]c12. The minimum absolute atomic E-state index is 0.176. The number of carbonyl (C=O) groups is 1. The number of anilines is 1. The fourth-order valence-corrected chi connectivity index (χ4v) is 3.74. The molecule has 0 spiro atoms. The fourth-order valence-electron chi connectivity index (χ4n) is 3.74. The second-order valence-corrected chi connectivity index (χ2v) is 6.98. The van der Waals surface area contributed by atoms with Crippen molar-refractivity contribution >= 4 is 22.6 Å². The van der Waals surface area contributed by atoms with Gasteiger partial charge in [-0.1, -0.05) is 25.1 Å². The maximum Gasteiger partial charge on any atom is 0.271 e. The highest BCUT2D eigenvalue weighted by atomic mass is 16.1. The van der Waals surface area contributed by atoms with Crippen LogP contribution in [0.2, 0.25) is 0 Å². The van der Waals surface area contributed by atoms with Gasteiger partial charge in [0.1, 0.15) is 0 Å². The maximum absolute atomic E-state index is 12.3. The van der Waals surface area contributed by atoms with Crippen LogP contribution in [0.5, 0.6) is 0 Å². The molecule has 6 nitrogen and oxygen atoms in total. The molecule has 6 heteroatoms. The minimum Gasteiger partial charge on any atom is -0.361 e. The van der Waals surface area contributed by atoms with Crippen molar-refractivity contribution in [1.82, 2.24) is 20.5 Å². The molecule has 2 aromatic heterocycles. The second kappa shape index (κ2) is 7.78. The number of rotatable bonds is 6. The topological polar surface area (TPSA) is 73.9 Å². The molecule has 4 rings (SSSR count). The van der Waals surface area contributed by atoms with Crippen LogP contribution in [0, 0.1) is 0 Å². The highest BCUT2D eigenvalue weighted by molar-refractivity contribution is 5.92. The zero-order valence-corrected chi connectivity index (χ0v) is 15.7. The van der Waals surface area contributed by atoms with Crippen LogP contribution in [-0.2, 0) is 12.8 Å². The van der Waals surface area contributed by atoms with E-state index in [1.54, 1.807) is 6.07 Å². The van der Waals surface area contributed by atoms with Crippen molar-refractivity contribution in [2.24, 2.45) is 0 Å². The third-order valence-electron chi connectivity index (χ3n) is 5.26. The molecule has 0 bridgehead atoms. The van der Waals surface area contributed by atoms with Gasteiger partial charge in [0.2, 0.25) is 0 Å². The maximum atomic E-state index is 12.3. The van der Waals surface area contributed by atoms with Crippen molar-refractivity contribution in [2.45, 2.75) is 32.6 Å². The predicted molar refractivity (Wildman–Crippen MR) is 107 cm³/mol. The van der Waals surface area contributed by atoms with Gasteiger partial charge >= 0.3 is 0 Å².